The molecular formula is C13H15N3S. The lowest BCUT2D eigenvalue weighted by Crippen LogP contribution is -1.94. The highest BCUT2D eigenvalue weighted by molar-refractivity contribution is 7.99. The molecule has 2 heterocycles. The summed E-state index contributed by atoms with van der Waals surface area (Å²) in [4.78, 5) is 4.07. The van der Waals surface area contributed by atoms with Gasteiger partial charge in [0.25, 0.3) is 0 Å². The highest BCUT2D eigenvalue weighted by Crippen LogP contribution is 2.20. The molecule has 3 nitrogen and oxygen atoms in total. The molecule has 0 aliphatic rings. The van der Waals surface area contributed by atoms with Gasteiger partial charge < -0.3 is 0 Å². The zero-order chi connectivity index (χ0) is 12.1. The largest absolute Gasteiger partial charge is 0.264 e. The Balaban J connectivity index is 2.08. The van der Waals surface area contributed by atoms with Gasteiger partial charge in [0, 0.05) is 23.7 Å². The van der Waals surface area contributed by atoms with Crippen LogP contribution in [0.1, 0.15) is 13.8 Å². The summed E-state index contributed by atoms with van der Waals surface area (Å²) in [6.07, 6.45) is 3.55. The van der Waals surface area contributed by atoms with Crippen molar-refractivity contribution < 1.29 is 0 Å². The van der Waals surface area contributed by atoms with Crippen molar-refractivity contribution in [3.05, 3.63) is 36.7 Å². The molecule has 0 fully saturated rings. The first kappa shape index (κ1) is 12.0. The zero-order valence-corrected chi connectivity index (χ0v) is 10.8. The average Bonchev–Trinajstić information content (AvgIpc) is 2.38. The lowest BCUT2D eigenvalue weighted by Gasteiger charge is -2.04. The molecule has 0 amide bonds. The summed E-state index contributed by atoms with van der Waals surface area (Å²) in [6.45, 7) is 4.40. The summed E-state index contributed by atoms with van der Waals surface area (Å²) in [6, 6.07) is 7.89. The van der Waals surface area contributed by atoms with E-state index in [1.165, 1.54) is 0 Å². The summed E-state index contributed by atoms with van der Waals surface area (Å²) >= 11 is 1.74. The van der Waals surface area contributed by atoms with Crippen LogP contribution in [0, 0.1) is 5.92 Å². The number of rotatable bonds is 4. The molecule has 2 aromatic rings. The zero-order valence-electron chi connectivity index (χ0n) is 10.00. The monoisotopic (exact) mass is 245 g/mol. The van der Waals surface area contributed by atoms with Crippen molar-refractivity contribution in [3.63, 3.8) is 0 Å². The Bertz CT molecular complexity index is 454. The molecule has 17 heavy (non-hydrogen) atoms. The molecule has 0 spiro atoms. The summed E-state index contributed by atoms with van der Waals surface area (Å²) in [5, 5.41) is 9.41. The first-order chi connectivity index (χ1) is 8.25. The second-order valence-corrected chi connectivity index (χ2v) is 5.24. The van der Waals surface area contributed by atoms with Gasteiger partial charge in [-0.1, -0.05) is 13.8 Å². The quantitative estimate of drug-likeness (QED) is 0.775. The van der Waals surface area contributed by atoms with E-state index in [0.717, 1.165) is 22.0 Å². The molecule has 0 unspecified atom stereocenters. The van der Waals surface area contributed by atoms with Crippen molar-refractivity contribution in [1.82, 2.24) is 15.2 Å². The van der Waals surface area contributed by atoms with Crippen molar-refractivity contribution in [2.75, 3.05) is 5.75 Å². The van der Waals surface area contributed by atoms with E-state index in [4.69, 9.17) is 0 Å². The Morgan fingerprint density at radius 3 is 2.65 bits per heavy atom. The van der Waals surface area contributed by atoms with Crippen molar-refractivity contribution in [2.24, 2.45) is 5.92 Å². The minimum absolute atomic E-state index is 0.666. The average molecular weight is 245 g/mol. The van der Waals surface area contributed by atoms with Gasteiger partial charge in [-0.25, -0.2) is 0 Å². The van der Waals surface area contributed by atoms with E-state index in [2.05, 4.69) is 29.0 Å². The van der Waals surface area contributed by atoms with Crippen molar-refractivity contribution in [3.8, 4) is 11.3 Å². The standard InChI is InChI=1S/C13H15N3S/c1-10(2)9-17-13-6-5-12(15-16-13)11-4-3-7-14-8-11/h3-8,10H,9H2,1-2H3. The van der Waals surface area contributed by atoms with Gasteiger partial charge in [-0.15, -0.1) is 22.0 Å². The number of nitrogens with zero attached hydrogens (tertiary/aromatic N) is 3. The minimum atomic E-state index is 0.666. The van der Waals surface area contributed by atoms with Crippen LogP contribution in [0.4, 0.5) is 0 Å². The second kappa shape index (κ2) is 5.77. The maximum absolute atomic E-state index is 4.22. The van der Waals surface area contributed by atoms with Gasteiger partial charge in [0.15, 0.2) is 0 Å². The predicted molar refractivity (Wildman–Crippen MR) is 70.8 cm³/mol. The molecule has 0 N–H and O–H groups in total. The van der Waals surface area contributed by atoms with Gasteiger partial charge in [0.2, 0.25) is 0 Å². The number of thioether (sulfide) groups is 1. The molecule has 0 radical (unpaired) electrons. The van der Waals surface area contributed by atoms with Crippen molar-refractivity contribution >= 4 is 11.8 Å². The van der Waals surface area contributed by atoms with Crippen molar-refractivity contribution in [2.45, 2.75) is 18.9 Å². The first-order valence-electron chi connectivity index (χ1n) is 5.62. The molecule has 0 saturated heterocycles. The van der Waals surface area contributed by atoms with Crippen LogP contribution in [0.5, 0.6) is 0 Å². The normalized spacial score (nSPS) is 10.8. The van der Waals surface area contributed by atoms with Gasteiger partial charge in [0.05, 0.1) is 5.69 Å². The molecule has 0 bridgehead atoms. The van der Waals surface area contributed by atoms with Crippen molar-refractivity contribution in [1.29, 1.82) is 0 Å². The molecule has 4 heteroatoms. The van der Waals surface area contributed by atoms with Crippen LogP contribution in [-0.4, -0.2) is 20.9 Å². The topological polar surface area (TPSA) is 38.7 Å². The molecule has 0 atom stereocenters. The Morgan fingerprint density at radius 2 is 2.06 bits per heavy atom. The van der Waals surface area contributed by atoms with Crippen LogP contribution in [0.25, 0.3) is 11.3 Å². The van der Waals surface area contributed by atoms with Crippen LogP contribution in [-0.2, 0) is 0 Å². The number of hydrogen-bond donors (Lipinski definition) is 0. The highest BCUT2D eigenvalue weighted by Gasteiger charge is 2.02. The van der Waals surface area contributed by atoms with Crippen LogP contribution in [0.15, 0.2) is 41.7 Å². The molecule has 0 aliphatic carbocycles. The maximum atomic E-state index is 4.22. The summed E-state index contributed by atoms with van der Waals surface area (Å²) in [7, 11) is 0. The Labute approximate surface area is 106 Å². The number of hydrogen-bond acceptors (Lipinski definition) is 4. The van der Waals surface area contributed by atoms with E-state index < -0.39 is 0 Å². The van der Waals surface area contributed by atoms with E-state index in [0.29, 0.717) is 5.92 Å². The molecule has 2 rings (SSSR count). The van der Waals surface area contributed by atoms with Gasteiger partial charge in [-0.05, 0) is 30.2 Å². The van der Waals surface area contributed by atoms with E-state index in [1.54, 1.807) is 24.2 Å². The third kappa shape index (κ3) is 3.53. The Hall–Kier alpha value is -1.42. The van der Waals surface area contributed by atoms with Gasteiger partial charge >= 0.3 is 0 Å². The van der Waals surface area contributed by atoms with Crippen LogP contribution in [0.3, 0.4) is 0 Å². The summed E-state index contributed by atoms with van der Waals surface area (Å²) in [5.74, 6) is 1.74. The highest BCUT2D eigenvalue weighted by atomic mass is 32.2. The molecule has 0 aliphatic heterocycles. The summed E-state index contributed by atoms with van der Waals surface area (Å²) in [5.41, 5.74) is 1.87. The maximum Gasteiger partial charge on any atom is 0.119 e. The number of aromatic nitrogens is 3. The molecular weight excluding hydrogens is 230 g/mol. The van der Waals surface area contributed by atoms with E-state index in [1.807, 2.05) is 24.3 Å². The van der Waals surface area contributed by atoms with Gasteiger partial charge in [-0.3, -0.25) is 4.98 Å². The Morgan fingerprint density at radius 1 is 1.18 bits per heavy atom. The van der Waals surface area contributed by atoms with E-state index >= 15 is 0 Å². The van der Waals surface area contributed by atoms with E-state index in [-0.39, 0.29) is 0 Å². The van der Waals surface area contributed by atoms with Crippen LogP contribution < -0.4 is 0 Å². The number of pyridine rings is 1. The predicted octanol–water partition coefficient (Wildman–Crippen LogP) is 3.29. The minimum Gasteiger partial charge on any atom is -0.264 e. The van der Waals surface area contributed by atoms with Gasteiger partial charge in [-0.2, -0.15) is 0 Å². The lowest BCUT2D eigenvalue weighted by atomic mass is 10.2. The summed E-state index contributed by atoms with van der Waals surface area (Å²) < 4.78 is 0. The fraction of sp³-hybridized carbons (Fsp3) is 0.308. The SMILES string of the molecule is CC(C)CSc1ccc(-c2cccnc2)nn1. The fourth-order valence-corrected chi connectivity index (χ4v) is 2.08. The van der Waals surface area contributed by atoms with Crippen LogP contribution in [0.2, 0.25) is 0 Å². The Kier molecular flexibility index (Phi) is 4.09. The molecule has 2 aromatic heterocycles. The van der Waals surface area contributed by atoms with Crippen LogP contribution >= 0.6 is 11.8 Å². The first-order valence-corrected chi connectivity index (χ1v) is 6.61. The molecule has 0 aromatic carbocycles. The smallest absolute Gasteiger partial charge is 0.119 e. The lowest BCUT2D eigenvalue weighted by molar-refractivity contribution is 0.748. The fourth-order valence-electron chi connectivity index (χ4n) is 1.32. The third-order valence-electron chi connectivity index (χ3n) is 2.16. The molecule has 0 saturated carbocycles. The van der Waals surface area contributed by atoms with Gasteiger partial charge in [0.1, 0.15) is 5.03 Å². The third-order valence-corrected chi connectivity index (χ3v) is 3.51. The van der Waals surface area contributed by atoms with E-state index in [9.17, 15) is 0 Å². The second-order valence-electron chi connectivity index (χ2n) is 4.20. The molecule has 88 valence electrons.